The first-order valence-corrected chi connectivity index (χ1v) is 8.63. The fraction of sp³-hybridized carbons (Fsp3) is 0.333. The fourth-order valence-electron chi connectivity index (χ4n) is 2.63. The van der Waals surface area contributed by atoms with Crippen LogP contribution >= 0.6 is 11.3 Å². The average molecular weight is 329 g/mol. The molecule has 1 unspecified atom stereocenters. The minimum absolute atomic E-state index is 0.328. The molecule has 1 N–H and O–H groups in total. The van der Waals surface area contributed by atoms with Gasteiger partial charge in [-0.05, 0) is 56.4 Å². The molecular weight excluding hydrogens is 310 g/mol. The van der Waals surface area contributed by atoms with E-state index in [0.717, 1.165) is 12.8 Å². The zero-order valence-corrected chi connectivity index (χ0v) is 13.8. The van der Waals surface area contributed by atoms with Crippen LogP contribution in [0.3, 0.4) is 0 Å². The molecule has 0 radical (unpaired) electrons. The molecule has 1 amide bonds. The highest BCUT2D eigenvalue weighted by Crippen LogP contribution is 2.30. The Kier molecular flexibility index (Phi) is 4.76. The lowest BCUT2D eigenvalue weighted by atomic mass is 9.99. The number of carbonyl (C=O) groups is 2. The highest BCUT2D eigenvalue weighted by molar-refractivity contribution is 7.14. The van der Waals surface area contributed by atoms with Crippen molar-refractivity contribution in [1.29, 1.82) is 0 Å². The van der Waals surface area contributed by atoms with E-state index in [1.165, 1.54) is 34.6 Å². The molecule has 23 heavy (non-hydrogen) atoms. The lowest BCUT2D eigenvalue weighted by Crippen LogP contribution is -2.29. The number of anilines is 1. The summed E-state index contributed by atoms with van der Waals surface area (Å²) in [5, 5.41) is 2.73. The van der Waals surface area contributed by atoms with Crippen molar-refractivity contribution in [2.75, 3.05) is 5.32 Å². The minimum atomic E-state index is -0.832. The number of esters is 1. The van der Waals surface area contributed by atoms with Gasteiger partial charge < -0.3 is 10.1 Å². The maximum absolute atomic E-state index is 12.2. The third kappa shape index (κ3) is 3.79. The number of hydrogen-bond donors (Lipinski definition) is 1. The number of hydrogen-bond acceptors (Lipinski definition) is 4. The molecule has 0 saturated heterocycles. The van der Waals surface area contributed by atoms with Gasteiger partial charge in [-0.3, -0.25) is 4.79 Å². The molecule has 1 aromatic heterocycles. The first-order chi connectivity index (χ1) is 11.1. The van der Waals surface area contributed by atoms with Gasteiger partial charge in [-0.25, -0.2) is 4.79 Å². The normalized spacial score (nSPS) is 14.7. The monoisotopic (exact) mass is 329 g/mol. The van der Waals surface area contributed by atoms with Crippen LogP contribution < -0.4 is 5.32 Å². The Labute approximate surface area is 139 Å². The number of ether oxygens (including phenoxy) is 1. The van der Waals surface area contributed by atoms with Crippen molar-refractivity contribution in [2.45, 2.75) is 38.7 Å². The highest BCUT2D eigenvalue weighted by Gasteiger charge is 2.22. The molecule has 1 aromatic carbocycles. The van der Waals surface area contributed by atoms with E-state index in [9.17, 15) is 9.59 Å². The number of fused-ring (bicyclic) bond motifs is 1. The molecule has 3 rings (SSSR count). The lowest BCUT2D eigenvalue weighted by Gasteiger charge is -2.12. The summed E-state index contributed by atoms with van der Waals surface area (Å²) in [5.74, 6) is -0.744. The SMILES string of the molecule is CC(OC(=O)c1cc2c(s1)CCCC2)C(=O)Nc1ccccc1. The van der Waals surface area contributed by atoms with Gasteiger partial charge in [0.05, 0.1) is 0 Å². The van der Waals surface area contributed by atoms with Crippen LogP contribution in [0.4, 0.5) is 5.69 Å². The number of aryl methyl sites for hydroxylation is 2. The van der Waals surface area contributed by atoms with Crippen molar-refractivity contribution in [3.63, 3.8) is 0 Å². The molecule has 4 nitrogen and oxygen atoms in total. The lowest BCUT2D eigenvalue weighted by molar-refractivity contribution is -0.123. The smallest absolute Gasteiger partial charge is 0.349 e. The van der Waals surface area contributed by atoms with Crippen molar-refractivity contribution < 1.29 is 14.3 Å². The molecule has 5 heteroatoms. The van der Waals surface area contributed by atoms with E-state index in [0.29, 0.717) is 10.6 Å². The van der Waals surface area contributed by atoms with Gasteiger partial charge in [-0.15, -0.1) is 11.3 Å². The van der Waals surface area contributed by atoms with E-state index in [4.69, 9.17) is 4.74 Å². The predicted molar refractivity (Wildman–Crippen MR) is 90.9 cm³/mol. The summed E-state index contributed by atoms with van der Waals surface area (Å²) in [7, 11) is 0. The first kappa shape index (κ1) is 15.7. The second-order valence-electron chi connectivity index (χ2n) is 5.67. The molecule has 0 fully saturated rings. The predicted octanol–water partition coefficient (Wildman–Crippen LogP) is 3.81. The van der Waals surface area contributed by atoms with Gasteiger partial charge in [0.2, 0.25) is 0 Å². The molecular formula is C18H19NO3S. The Morgan fingerprint density at radius 1 is 1.17 bits per heavy atom. The molecule has 120 valence electrons. The summed E-state index contributed by atoms with van der Waals surface area (Å²) in [6.07, 6.45) is 3.59. The van der Waals surface area contributed by atoms with Crippen LogP contribution in [-0.2, 0) is 22.4 Å². The number of benzene rings is 1. The maximum Gasteiger partial charge on any atom is 0.349 e. The molecule has 1 heterocycles. The van der Waals surface area contributed by atoms with Gasteiger partial charge in [0.15, 0.2) is 6.10 Å². The van der Waals surface area contributed by atoms with E-state index in [1.54, 1.807) is 19.1 Å². The Bertz CT molecular complexity index is 685. The molecule has 1 aliphatic carbocycles. The van der Waals surface area contributed by atoms with Gasteiger partial charge in [0.1, 0.15) is 4.88 Å². The molecule has 0 saturated carbocycles. The summed E-state index contributed by atoms with van der Waals surface area (Å²) >= 11 is 1.49. The third-order valence-electron chi connectivity index (χ3n) is 3.89. The van der Waals surface area contributed by atoms with Gasteiger partial charge in [-0.1, -0.05) is 18.2 Å². The molecule has 1 aliphatic rings. The van der Waals surface area contributed by atoms with Gasteiger partial charge >= 0.3 is 5.97 Å². The Hall–Kier alpha value is -2.14. The second-order valence-corrected chi connectivity index (χ2v) is 6.81. The van der Waals surface area contributed by atoms with E-state index >= 15 is 0 Å². The third-order valence-corrected chi connectivity index (χ3v) is 5.11. The largest absolute Gasteiger partial charge is 0.448 e. The second kappa shape index (κ2) is 6.96. The minimum Gasteiger partial charge on any atom is -0.448 e. The Balaban J connectivity index is 1.60. The highest BCUT2D eigenvalue weighted by atomic mass is 32.1. The van der Waals surface area contributed by atoms with E-state index in [1.807, 2.05) is 24.3 Å². The Morgan fingerprint density at radius 3 is 2.65 bits per heavy atom. The topological polar surface area (TPSA) is 55.4 Å². The van der Waals surface area contributed by atoms with Crippen LogP contribution in [0, 0.1) is 0 Å². The number of nitrogens with one attached hydrogen (secondary N) is 1. The van der Waals surface area contributed by atoms with Crippen LogP contribution in [0.5, 0.6) is 0 Å². The molecule has 0 spiro atoms. The molecule has 0 bridgehead atoms. The first-order valence-electron chi connectivity index (χ1n) is 7.82. The van der Waals surface area contributed by atoms with Crippen LogP contribution in [0.1, 0.15) is 39.9 Å². The number of amides is 1. The summed E-state index contributed by atoms with van der Waals surface area (Å²) in [6.45, 7) is 1.59. The fourth-order valence-corrected chi connectivity index (χ4v) is 3.77. The maximum atomic E-state index is 12.2. The quantitative estimate of drug-likeness (QED) is 0.868. The average Bonchev–Trinajstić information content (AvgIpc) is 3.00. The van der Waals surface area contributed by atoms with Crippen LogP contribution in [0.25, 0.3) is 0 Å². The van der Waals surface area contributed by atoms with E-state index < -0.39 is 12.1 Å². The summed E-state index contributed by atoms with van der Waals surface area (Å²) in [5.41, 5.74) is 1.95. The van der Waals surface area contributed by atoms with Gasteiger partial charge in [0.25, 0.3) is 5.91 Å². The van der Waals surface area contributed by atoms with Gasteiger partial charge in [-0.2, -0.15) is 0 Å². The summed E-state index contributed by atoms with van der Waals surface area (Å²) in [4.78, 5) is 26.2. The molecule has 2 aromatic rings. The van der Waals surface area contributed by atoms with Gasteiger partial charge in [0, 0.05) is 10.6 Å². The van der Waals surface area contributed by atoms with Crippen LogP contribution in [-0.4, -0.2) is 18.0 Å². The van der Waals surface area contributed by atoms with Crippen LogP contribution in [0.2, 0.25) is 0 Å². The summed E-state index contributed by atoms with van der Waals surface area (Å²) < 4.78 is 5.31. The Morgan fingerprint density at radius 2 is 1.91 bits per heavy atom. The van der Waals surface area contributed by atoms with Crippen molar-refractivity contribution in [3.05, 3.63) is 51.7 Å². The number of carbonyl (C=O) groups excluding carboxylic acids is 2. The van der Waals surface area contributed by atoms with Crippen molar-refractivity contribution in [1.82, 2.24) is 0 Å². The zero-order valence-electron chi connectivity index (χ0n) is 13.0. The van der Waals surface area contributed by atoms with Crippen LogP contribution in [0.15, 0.2) is 36.4 Å². The van der Waals surface area contributed by atoms with Crippen molar-refractivity contribution in [2.24, 2.45) is 0 Å². The molecule has 0 aliphatic heterocycles. The van der Waals surface area contributed by atoms with E-state index in [-0.39, 0.29) is 5.91 Å². The number of para-hydroxylation sites is 1. The standard InChI is InChI=1S/C18H19NO3S/c1-12(17(20)19-14-8-3-2-4-9-14)22-18(21)16-11-13-7-5-6-10-15(13)23-16/h2-4,8-9,11-12H,5-7,10H2,1H3,(H,19,20). The summed E-state index contributed by atoms with van der Waals surface area (Å²) in [6, 6.07) is 11.0. The van der Waals surface area contributed by atoms with E-state index in [2.05, 4.69) is 5.32 Å². The zero-order chi connectivity index (χ0) is 16.2. The molecule has 1 atom stereocenters. The number of rotatable bonds is 4. The van der Waals surface area contributed by atoms with Crippen molar-refractivity contribution >= 4 is 28.9 Å². The van der Waals surface area contributed by atoms with Crippen molar-refractivity contribution in [3.8, 4) is 0 Å². The number of thiophene rings is 1.